The van der Waals surface area contributed by atoms with Crippen LogP contribution in [0.1, 0.15) is 29.2 Å². The molecule has 33 heavy (non-hydrogen) atoms. The molecule has 0 spiro atoms. The fourth-order valence-electron chi connectivity index (χ4n) is 4.72. The number of anilines is 1. The van der Waals surface area contributed by atoms with E-state index < -0.39 is 0 Å². The molecule has 5 nitrogen and oxygen atoms in total. The highest BCUT2D eigenvalue weighted by Gasteiger charge is 2.27. The van der Waals surface area contributed by atoms with Gasteiger partial charge in [-0.1, -0.05) is 60.1 Å². The number of piperazine rings is 1. The van der Waals surface area contributed by atoms with E-state index >= 15 is 0 Å². The van der Waals surface area contributed by atoms with E-state index in [1.165, 1.54) is 0 Å². The van der Waals surface area contributed by atoms with E-state index in [2.05, 4.69) is 39.4 Å². The molecule has 0 N–H and O–H groups in total. The summed E-state index contributed by atoms with van der Waals surface area (Å²) in [6.45, 7) is 5.00. The molecule has 1 unspecified atom stereocenters. The minimum absolute atomic E-state index is 0.0582. The Morgan fingerprint density at radius 2 is 1.70 bits per heavy atom. The molecule has 6 heteroatoms. The van der Waals surface area contributed by atoms with E-state index in [9.17, 15) is 4.79 Å². The number of para-hydroxylation sites is 1. The zero-order valence-electron chi connectivity index (χ0n) is 18.7. The topological polar surface area (TPSA) is 40.9 Å². The average molecular weight is 459 g/mol. The van der Waals surface area contributed by atoms with Crippen molar-refractivity contribution in [3.8, 4) is 0 Å². The van der Waals surface area contributed by atoms with E-state index in [-0.39, 0.29) is 11.8 Å². The fourth-order valence-corrected chi connectivity index (χ4v) is 4.97. The molecular formula is C27H27ClN4O. The summed E-state index contributed by atoms with van der Waals surface area (Å²) in [7, 11) is 0. The number of rotatable bonds is 5. The Labute approximate surface area is 199 Å². The molecule has 2 aromatic heterocycles. The van der Waals surface area contributed by atoms with Gasteiger partial charge in [0.15, 0.2) is 0 Å². The van der Waals surface area contributed by atoms with E-state index in [0.717, 1.165) is 46.3 Å². The Hall–Kier alpha value is -3.31. The van der Waals surface area contributed by atoms with Crippen LogP contribution in [-0.2, 0) is 4.79 Å². The number of carbonyl (C=O) groups is 1. The largest absolute Gasteiger partial charge is 0.367 e. The molecule has 0 radical (unpaired) electrons. The predicted molar refractivity (Wildman–Crippen MR) is 133 cm³/mol. The lowest BCUT2D eigenvalue weighted by Gasteiger charge is -2.37. The summed E-state index contributed by atoms with van der Waals surface area (Å²) >= 11 is 6.38. The normalized spacial score (nSPS) is 15.1. The van der Waals surface area contributed by atoms with Gasteiger partial charge in [-0.3, -0.25) is 4.79 Å². The average Bonchev–Trinajstić information content (AvgIpc) is 3.29. The first-order valence-electron chi connectivity index (χ1n) is 11.4. The molecule has 1 aliphatic rings. The van der Waals surface area contributed by atoms with Crippen molar-refractivity contribution in [2.45, 2.75) is 19.3 Å². The number of hydrogen-bond donors (Lipinski definition) is 0. The van der Waals surface area contributed by atoms with Crippen molar-refractivity contribution in [3.63, 3.8) is 0 Å². The number of benzene rings is 2. The van der Waals surface area contributed by atoms with Gasteiger partial charge in [0.05, 0.1) is 16.4 Å². The molecule has 5 rings (SSSR count). The van der Waals surface area contributed by atoms with Crippen LogP contribution in [0.5, 0.6) is 0 Å². The third-order valence-electron chi connectivity index (χ3n) is 6.52. The monoisotopic (exact) mass is 458 g/mol. The van der Waals surface area contributed by atoms with E-state index in [4.69, 9.17) is 11.6 Å². The minimum Gasteiger partial charge on any atom is -0.367 e. The highest BCUT2D eigenvalue weighted by Crippen LogP contribution is 2.31. The molecule has 1 atom stereocenters. The van der Waals surface area contributed by atoms with E-state index in [0.29, 0.717) is 19.5 Å². The maximum atomic E-state index is 13.4. The van der Waals surface area contributed by atoms with Gasteiger partial charge in [0, 0.05) is 50.9 Å². The zero-order chi connectivity index (χ0) is 22.8. The van der Waals surface area contributed by atoms with Crippen LogP contribution < -0.4 is 4.90 Å². The van der Waals surface area contributed by atoms with Crippen LogP contribution >= 0.6 is 11.6 Å². The van der Waals surface area contributed by atoms with Gasteiger partial charge in [-0.15, -0.1) is 0 Å². The number of aromatic nitrogens is 2. The Balaban J connectivity index is 1.36. The van der Waals surface area contributed by atoms with Crippen LogP contribution in [0.15, 0.2) is 79.1 Å². The van der Waals surface area contributed by atoms with Crippen molar-refractivity contribution >= 4 is 28.8 Å². The van der Waals surface area contributed by atoms with Crippen molar-refractivity contribution in [3.05, 3.63) is 101 Å². The van der Waals surface area contributed by atoms with Crippen LogP contribution in [0.4, 0.5) is 5.69 Å². The molecule has 0 aliphatic carbocycles. The van der Waals surface area contributed by atoms with Crippen molar-refractivity contribution in [1.29, 1.82) is 0 Å². The number of halogens is 1. The summed E-state index contributed by atoms with van der Waals surface area (Å²) in [4.78, 5) is 22.3. The van der Waals surface area contributed by atoms with Gasteiger partial charge >= 0.3 is 0 Å². The second-order valence-electron chi connectivity index (χ2n) is 8.55. The summed E-state index contributed by atoms with van der Waals surface area (Å²) in [6, 6.07) is 22.3. The minimum atomic E-state index is -0.0582. The van der Waals surface area contributed by atoms with Crippen molar-refractivity contribution < 1.29 is 4.79 Å². The van der Waals surface area contributed by atoms with Gasteiger partial charge in [0.1, 0.15) is 5.65 Å². The second kappa shape index (κ2) is 9.28. The molecule has 1 saturated heterocycles. The number of amides is 1. The molecule has 0 bridgehead atoms. The third-order valence-corrected chi connectivity index (χ3v) is 6.84. The van der Waals surface area contributed by atoms with Crippen molar-refractivity contribution in [1.82, 2.24) is 14.3 Å². The lowest BCUT2D eigenvalue weighted by molar-refractivity contribution is -0.131. The summed E-state index contributed by atoms with van der Waals surface area (Å²) in [5.74, 6) is 0.113. The van der Waals surface area contributed by atoms with Gasteiger partial charge in [0.25, 0.3) is 0 Å². The summed E-state index contributed by atoms with van der Waals surface area (Å²) in [6.07, 6.45) is 4.37. The van der Waals surface area contributed by atoms with Crippen LogP contribution in [0, 0.1) is 6.92 Å². The smallest absolute Gasteiger partial charge is 0.223 e. The van der Waals surface area contributed by atoms with Gasteiger partial charge in [-0.25, -0.2) is 4.98 Å². The first-order valence-corrected chi connectivity index (χ1v) is 11.7. The molecule has 168 valence electrons. The first kappa shape index (κ1) is 21.5. The number of carbonyl (C=O) groups excluding carboxylic acids is 1. The van der Waals surface area contributed by atoms with Crippen LogP contribution in [0.3, 0.4) is 0 Å². The lowest BCUT2D eigenvalue weighted by Crippen LogP contribution is -2.49. The van der Waals surface area contributed by atoms with Crippen LogP contribution in [0.25, 0.3) is 5.65 Å². The molecule has 0 saturated carbocycles. The number of pyridine rings is 1. The molecular weight excluding hydrogens is 432 g/mol. The van der Waals surface area contributed by atoms with E-state index in [1.54, 1.807) is 0 Å². The maximum Gasteiger partial charge on any atom is 0.223 e. The predicted octanol–water partition coefficient (Wildman–Crippen LogP) is 5.17. The van der Waals surface area contributed by atoms with Gasteiger partial charge in [-0.2, -0.15) is 0 Å². The number of fused-ring (bicyclic) bond motifs is 1. The maximum absolute atomic E-state index is 13.4. The van der Waals surface area contributed by atoms with Gasteiger partial charge < -0.3 is 14.2 Å². The Morgan fingerprint density at radius 1 is 0.970 bits per heavy atom. The highest BCUT2D eigenvalue weighted by atomic mass is 35.5. The summed E-state index contributed by atoms with van der Waals surface area (Å²) < 4.78 is 2.12. The van der Waals surface area contributed by atoms with Gasteiger partial charge in [-0.05, 0) is 36.2 Å². The first-order chi connectivity index (χ1) is 16.1. The van der Waals surface area contributed by atoms with Crippen molar-refractivity contribution in [2.75, 3.05) is 31.1 Å². The number of imidazole rings is 1. The molecule has 4 aromatic rings. The Morgan fingerprint density at radius 3 is 2.45 bits per heavy atom. The molecule has 2 aromatic carbocycles. The Bertz CT molecular complexity index is 1260. The van der Waals surface area contributed by atoms with Crippen molar-refractivity contribution in [2.24, 2.45) is 0 Å². The molecule has 1 aliphatic heterocycles. The highest BCUT2D eigenvalue weighted by molar-refractivity contribution is 6.33. The number of hydrogen-bond acceptors (Lipinski definition) is 3. The standard InChI is InChI=1S/C27H27ClN4O/c1-20-8-7-13-32-25(19-29-27(20)32)22(21-9-3-2-4-10-21)18-26(33)31-16-14-30(15-17-31)24-12-6-5-11-23(24)28/h2-13,19,22H,14-18H2,1H3. The summed E-state index contributed by atoms with van der Waals surface area (Å²) in [5.41, 5.74) is 5.27. The van der Waals surface area contributed by atoms with Gasteiger partial charge in [0.2, 0.25) is 5.91 Å². The number of nitrogens with zero attached hydrogens (tertiary/aromatic N) is 4. The van der Waals surface area contributed by atoms with Crippen LogP contribution in [-0.4, -0.2) is 46.4 Å². The summed E-state index contributed by atoms with van der Waals surface area (Å²) in [5, 5.41) is 0.754. The molecule has 3 heterocycles. The Kier molecular flexibility index (Phi) is 6.05. The third kappa shape index (κ3) is 4.33. The fraction of sp³-hybridized carbons (Fsp3) is 0.259. The molecule has 1 fully saturated rings. The molecule has 1 amide bonds. The van der Waals surface area contributed by atoms with E-state index in [1.807, 2.05) is 65.8 Å². The van der Waals surface area contributed by atoms with Crippen LogP contribution in [0.2, 0.25) is 5.02 Å². The number of aryl methyl sites for hydroxylation is 1. The lowest BCUT2D eigenvalue weighted by atomic mass is 9.92. The SMILES string of the molecule is Cc1cccn2c(C(CC(=O)N3CCN(c4ccccc4Cl)CC3)c3ccccc3)cnc12. The quantitative estimate of drug-likeness (QED) is 0.414. The second-order valence-corrected chi connectivity index (χ2v) is 8.96. The zero-order valence-corrected chi connectivity index (χ0v) is 19.4.